The highest BCUT2D eigenvalue weighted by Gasteiger charge is 1.99. The Morgan fingerprint density at radius 3 is 2.40 bits per heavy atom. The largest absolute Gasteiger partial charge is 0.755 e. The summed E-state index contributed by atoms with van der Waals surface area (Å²) in [5.41, 5.74) is 0.760. The number of hydrogen-bond acceptors (Lipinski definition) is 2. The molecule has 0 rings (SSSR count). The summed E-state index contributed by atoms with van der Waals surface area (Å²) in [7, 11) is 0. The van der Waals surface area contributed by atoms with Gasteiger partial charge < -0.3 is 8.86 Å². The Morgan fingerprint density at radius 1 is 1.80 bits per heavy atom. The van der Waals surface area contributed by atoms with Gasteiger partial charge in [0.05, 0.1) is 0 Å². The molecule has 0 heterocycles. The van der Waals surface area contributed by atoms with Gasteiger partial charge in [0.15, 0.2) is 0 Å². The summed E-state index contributed by atoms with van der Waals surface area (Å²) in [6, 6.07) is 0. The summed E-state index contributed by atoms with van der Waals surface area (Å²) < 4.78 is 22.1. The van der Waals surface area contributed by atoms with Gasteiger partial charge in [-0.25, -0.2) is 0 Å². The van der Waals surface area contributed by atoms with Crippen LogP contribution in [0.1, 0.15) is 20.8 Å². The van der Waals surface area contributed by atoms with Crippen molar-refractivity contribution < 1.29 is 8.76 Å². The first kappa shape index (κ1) is 9.65. The first-order valence-electron chi connectivity index (χ1n) is 3.13. The van der Waals surface area contributed by atoms with Gasteiger partial charge >= 0.3 is 0 Å². The first-order chi connectivity index (χ1) is 4.63. The zero-order valence-corrected chi connectivity index (χ0v) is 7.27. The zero-order chi connectivity index (χ0) is 8.15. The number of nitrogens with zero attached hydrogens (tertiary/aromatic N) is 1. The van der Waals surface area contributed by atoms with Crippen molar-refractivity contribution >= 4 is 11.3 Å². The van der Waals surface area contributed by atoms with E-state index in [1.54, 1.807) is 19.9 Å². The van der Waals surface area contributed by atoms with Crippen LogP contribution in [0.2, 0.25) is 0 Å². The summed E-state index contributed by atoms with van der Waals surface area (Å²) in [5, 5.41) is 0. The Hall–Kier alpha value is -0.350. The van der Waals surface area contributed by atoms with Gasteiger partial charge in [0.2, 0.25) is 0 Å². The van der Waals surface area contributed by atoms with E-state index in [4.69, 9.17) is 0 Å². The molecule has 0 aromatic heterocycles. The fourth-order valence-electron chi connectivity index (χ4n) is 0.616. The van der Waals surface area contributed by atoms with E-state index in [2.05, 4.69) is 0 Å². The molecule has 0 fully saturated rings. The summed E-state index contributed by atoms with van der Waals surface area (Å²) in [6.07, 6.45) is 1.76. The average molecular weight is 162 g/mol. The average Bonchev–Trinajstić information content (AvgIpc) is 1.88. The van der Waals surface area contributed by atoms with Gasteiger partial charge in [-0.1, -0.05) is 6.08 Å². The smallest absolute Gasteiger partial charge is 0.0471 e. The lowest BCUT2D eigenvalue weighted by Crippen LogP contribution is -2.23. The highest BCUT2D eigenvalue weighted by atomic mass is 32.2. The van der Waals surface area contributed by atoms with Gasteiger partial charge in [-0.15, -0.1) is 0 Å². The van der Waals surface area contributed by atoms with E-state index in [-0.39, 0.29) is 0 Å². The minimum Gasteiger partial charge on any atom is -0.755 e. The highest BCUT2D eigenvalue weighted by Crippen LogP contribution is 2.03. The monoisotopic (exact) mass is 162 g/mol. The second-order valence-corrected chi connectivity index (χ2v) is 2.72. The molecule has 1 unspecified atom stereocenters. The first-order valence-corrected chi connectivity index (χ1v) is 4.16. The molecule has 0 spiro atoms. The molecule has 0 bridgehead atoms. The number of hydrogen-bond donors (Lipinski definition) is 0. The van der Waals surface area contributed by atoms with E-state index in [0.29, 0.717) is 6.54 Å². The molecule has 0 saturated carbocycles. The molecule has 0 aliphatic carbocycles. The van der Waals surface area contributed by atoms with E-state index in [1.165, 1.54) is 4.31 Å². The molecule has 4 heteroatoms. The van der Waals surface area contributed by atoms with Crippen LogP contribution in [0.15, 0.2) is 11.8 Å². The van der Waals surface area contributed by atoms with Crippen LogP contribution in [0, 0.1) is 0 Å². The van der Waals surface area contributed by atoms with Crippen LogP contribution in [0.4, 0.5) is 0 Å². The lowest BCUT2D eigenvalue weighted by molar-refractivity contribution is 0.449. The predicted octanol–water partition coefficient (Wildman–Crippen LogP) is 1.03. The normalized spacial score (nSPS) is 15.0. The zero-order valence-electron chi connectivity index (χ0n) is 6.46. The maximum absolute atomic E-state index is 10.4. The molecular formula is C6H12NO2S-. The van der Waals surface area contributed by atoms with Crippen LogP contribution >= 0.6 is 0 Å². The predicted molar refractivity (Wildman–Crippen MR) is 40.7 cm³/mol. The third-order valence-corrected chi connectivity index (χ3v) is 2.18. The van der Waals surface area contributed by atoms with Gasteiger partial charge in [0.25, 0.3) is 0 Å². The van der Waals surface area contributed by atoms with E-state index in [0.717, 1.165) is 5.70 Å². The van der Waals surface area contributed by atoms with Crippen molar-refractivity contribution in [3.8, 4) is 0 Å². The van der Waals surface area contributed by atoms with Crippen LogP contribution in [0.5, 0.6) is 0 Å². The van der Waals surface area contributed by atoms with Gasteiger partial charge in [-0.3, -0.25) is 4.21 Å². The maximum Gasteiger partial charge on any atom is 0.0471 e. The molecule has 0 aromatic carbocycles. The molecule has 0 amide bonds. The molecule has 60 valence electrons. The molecule has 1 atom stereocenters. The summed E-state index contributed by atoms with van der Waals surface area (Å²) in [6.45, 7) is 5.86. The molecule has 0 radical (unpaired) electrons. The lowest BCUT2D eigenvalue weighted by atomic mass is 10.4. The third-order valence-electron chi connectivity index (χ3n) is 1.28. The fourth-order valence-corrected chi connectivity index (χ4v) is 1.17. The van der Waals surface area contributed by atoms with Gasteiger partial charge in [0.1, 0.15) is 0 Å². The Labute approximate surface area is 64.1 Å². The van der Waals surface area contributed by atoms with Gasteiger partial charge in [0, 0.05) is 23.5 Å². The Bertz CT molecular complexity index is 156. The number of rotatable bonds is 3. The Morgan fingerprint density at radius 2 is 2.30 bits per heavy atom. The molecule has 0 aliphatic heterocycles. The maximum atomic E-state index is 10.4. The van der Waals surface area contributed by atoms with E-state index in [9.17, 15) is 8.76 Å². The Kier molecular flexibility index (Phi) is 4.31. The van der Waals surface area contributed by atoms with Crippen molar-refractivity contribution in [1.29, 1.82) is 0 Å². The molecule has 0 saturated heterocycles. The van der Waals surface area contributed by atoms with Crippen molar-refractivity contribution in [2.45, 2.75) is 20.8 Å². The third kappa shape index (κ3) is 2.49. The number of allylic oxidation sites excluding steroid dienone is 2. The van der Waals surface area contributed by atoms with E-state index < -0.39 is 11.3 Å². The van der Waals surface area contributed by atoms with E-state index in [1.807, 2.05) is 6.92 Å². The summed E-state index contributed by atoms with van der Waals surface area (Å²) in [4.78, 5) is 0. The standard InChI is InChI=1S/C6H13NO2S/c1-4-6(3)7(5-2)10(8)9/h4H,5H2,1-3H3,(H,8,9)/p-1/b6-4+. The minimum absolute atomic E-state index is 0.492. The topological polar surface area (TPSA) is 43.4 Å². The van der Waals surface area contributed by atoms with Crippen LogP contribution in [0.3, 0.4) is 0 Å². The molecule has 3 nitrogen and oxygen atoms in total. The van der Waals surface area contributed by atoms with Crippen molar-refractivity contribution in [3.05, 3.63) is 11.8 Å². The lowest BCUT2D eigenvalue weighted by Gasteiger charge is -2.24. The van der Waals surface area contributed by atoms with Crippen molar-refractivity contribution in [1.82, 2.24) is 4.31 Å². The quantitative estimate of drug-likeness (QED) is 0.582. The van der Waals surface area contributed by atoms with Crippen LogP contribution in [-0.2, 0) is 11.3 Å². The van der Waals surface area contributed by atoms with Crippen LogP contribution < -0.4 is 0 Å². The van der Waals surface area contributed by atoms with Gasteiger partial charge in [-0.2, -0.15) is 0 Å². The summed E-state index contributed by atoms with van der Waals surface area (Å²) >= 11 is -2.12. The SMILES string of the molecule is C/C=C(\C)N(CC)S(=O)[O-]. The molecular weight excluding hydrogens is 150 g/mol. The molecule has 0 N–H and O–H groups in total. The fraction of sp³-hybridized carbons (Fsp3) is 0.667. The Balaban J connectivity index is 4.21. The molecule has 0 aliphatic rings. The highest BCUT2D eigenvalue weighted by molar-refractivity contribution is 7.76. The molecule has 0 aromatic rings. The van der Waals surface area contributed by atoms with Crippen molar-refractivity contribution in [2.75, 3.05) is 6.54 Å². The second kappa shape index (κ2) is 4.46. The van der Waals surface area contributed by atoms with Crippen molar-refractivity contribution in [3.63, 3.8) is 0 Å². The summed E-state index contributed by atoms with van der Waals surface area (Å²) in [5.74, 6) is 0. The van der Waals surface area contributed by atoms with Crippen LogP contribution in [-0.4, -0.2) is 19.6 Å². The van der Waals surface area contributed by atoms with E-state index >= 15 is 0 Å². The van der Waals surface area contributed by atoms with Crippen molar-refractivity contribution in [2.24, 2.45) is 0 Å². The second-order valence-electron chi connectivity index (χ2n) is 1.84. The van der Waals surface area contributed by atoms with Gasteiger partial charge in [-0.05, 0) is 20.8 Å². The van der Waals surface area contributed by atoms with Crippen LogP contribution in [0.25, 0.3) is 0 Å². The molecule has 10 heavy (non-hydrogen) atoms. The minimum atomic E-state index is -2.12.